The molecule has 162 valence electrons. The molecule has 1 fully saturated rings. The zero-order valence-electron chi connectivity index (χ0n) is 17.3. The Bertz CT molecular complexity index is 1010. The molecule has 1 saturated heterocycles. The van der Waals surface area contributed by atoms with Crippen molar-refractivity contribution < 1.29 is 13.7 Å². The Labute approximate surface area is 185 Å². The smallest absolute Gasteiger partial charge is 0.241 e. The monoisotopic (exact) mass is 442 g/mol. The molecule has 8 heteroatoms. The summed E-state index contributed by atoms with van der Waals surface area (Å²) in [6.07, 6.45) is 1.59. The molecule has 0 spiro atoms. The van der Waals surface area contributed by atoms with E-state index < -0.39 is 0 Å². The molecular formula is C23H24ClFN4O2. The van der Waals surface area contributed by atoms with E-state index in [-0.39, 0.29) is 17.6 Å². The van der Waals surface area contributed by atoms with Crippen molar-refractivity contribution in [2.45, 2.75) is 25.9 Å². The van der Waals surface area contributed by atoms with E-state index in [4.69, 9.17) is 16.1 Å². The third-order valence-electron chi connectivity index (χ3n) is 5.58. The zero-order chi connectivity index (χ0) is 21.8. The van der Waals surface area contributed by atoms with E-state index in [0.29, 0.717) is 35.4 Å². The molecule has 0 radical (unpaired) electrons. The topological polar surface area (TPSA) is 62.5 Å². The maximum absolute atomic E-state index is 13.1. The van der Waals surface area contributed by atoms with Crippen molar-refractivity contribution in [1.29, 1.82) is 0 Å². The minimum absolute atomic E-state index is 0.0195. The summed E-state index contributed by atoms with van der Waals surface area (Å²) in [6.45, 7) is 2.69. The van der Waals surface area contributed by atoms with Gasteiger partial charge in [0.1, 0.15) is 5.82 Å². The predicted molar refractivity (Wildman–Crippen MR) is 116 cm³/mol. The number of likely N-dealkylation sites (tertiary alicyclic amines) is 1. The molecule has 0 atom stereocenters. The fourth-order valence-corrected chi connectivity index (χ4v) is 3.94. The summed E-state index contributed by atoms with van der Waals surface area (Å²) >= 11 is 5.93. The third kappa shape index (κ3) is 5.48. The van der Waals surface area contributed by atoms with Crippen molar-refractivity contribution in [3.8, 4) is 11.4 Å². The van der Waals surface area contributed by atoms with Gasteiger partial charge in [-0.25, -0.2) is 4.39 Å². The lowest BCUT2D eigenvalue weighted by Crippen LogP contribution is -2.40. The minimum Gasteiger partial charge on any atom is -0.341 e. The molecule has 1 aromatic heterocycles. The van der Waals surface area contributed by atoms with Crippen LogP contribution in [0.15, 0.2) is 53.1 Å². The summed E-state index contributed by atoms with van der Waals surface area (Å²) in [5.74, 6) is 0.855. The van der Waals surface area contributed by atoms with Crippen molar-refractivity contribution in [2.24, 2.45) is 5.92 Å². The van der Waals surface area contributed by atoms with Crippen molar-refractivity contribution in [1.82, 2.24) is 19.9 Å². The highest BCUT2D eigenvalue weighted by atomic mass is 35.5. The van der Waals surface area contributed by atoms with Gasteiger partial charge in [0.15, 0.2) is 0 Å². The first-order valence-electron chi connectivity index (χ1n) is 10.3. The van der Waals surface area contributed by atoms with E-state index >= 15 is 0 Å². The van der Waals surface area contributed by atoms with E-state index in [9.17, 15) is 9.18 Å². The lowest BCUT2D eigenvalue weighted by Gasteiger charge is -2.32. The predicted octanol–water partition coefficient (Wildman–Crippen LogP) is 4.40. The van der Waals surface area contributed by atoms with Crippen molar-refractivity contribution in [3.63, 3.8) is 0 Å². The molecule has 1 amide bonds. The summed E-state index contributed by atoms with van der Waals surface area (Å²) < 4.78 is 18.4. The average Bonchev–Trinajstić information content (AvgIpc) is 3.24. The number of nitrogens with zero attached hydrogens (tertiary/aromatic N) is 4. The quantitative estimate of drug-likeness (QED) is 0.566. The molecule has 0 bridgehead atoms. The van der Waals surface area contributed by atoms with Crippen LogP contribution in [0.5, 0.6) is 0 Å². The molecule has 4 rings (SSSR count). The average molecular weight is 443 g/mol. The zero-order valence-corrected chi connectivity index (χ0v) is 18.1. The lowest BCUT2D eigenvalue weighted by atomic mass is 9.95. The Morgan fingerprint density at radius 1 is 1.16 bits per heavy atom. The van der Waals surface area contributed by atoms with Gasteiger partial charge < -0.3 is 9.42 Å². The van der Waals surface area contributed by atoms with E-state index in [1.54, 1.807) is 17.0 Å². The molecule has 1 aliphatic heterocycles. The number of hydrogen-bond donors (Lipinski definition) is 0. The Kier molecular flexibility index (Phi) is 6.63. The fourth-order valence-electron chi connectivity index (χ4n) is 3.82. The van der Waals surface area contributed by atoms with E-state index in [2.05, 4.69) is 15.0 Å². The van der Waals surface area contributed by atoms with E-state index in [1.807, 2.05) is 31.3 Å². The second-order valence-corrected chi connectivity index (χ2v) is 8.33. The summed E-state index contributed by atoms with van der Waals surface area (Å²) in [5.41, 5.74) is 1.77. The third-order valence-corrected chi connectivity index (χ3v) is 5.83. The highest BCUT2D eigenvalue weighted by Gasteiger charge is 2.28. The van der Waals surface area contributed by atoms with Gasteiger partial charge in [0.25, 0.3) is 0 Å². The first kappa shape index (κ1) is 21.5. The normalized spacial score (nSPS) is 15.2. The van der Waals surface area contributed by atoms with Crippen LogP contribution in [0.2, 0.25) is 5.02 Å². The molecule has 0 aliphatic carbocycles. The summed E-state index contributed by atoms with van der Waals surface area (Å²) in [7, 11) is 1.85. The molecule has 0 unspecified atom stereocenters. The molecule has 2 heterocycles. The number of amides is 1. The Hall–Kier alpha value is -2.77. The van der Waals surface area contributed by atoms with Crippen LogP contribution in [0.1, 0.15) is 24.3 Å². The van der Waals surface area contributed by atoms with Crippen molar-refractivity contribution in [3.05, 3.63) is 70.8 Å². The van der Waals surface area contributed by atoms with Gasteiger partial charge in [0.2, 0.25) is 17.6 Å². The number of rotatable bonds is 6. The van der Waals surface area contributed by atoms with Gasteiger partial charge in [-0.1, -0.05) is 28.9 Å². The molecule has 31 heavy (non-hydrogen) atoms. The Morgan fingerprint density at radius 2 is 1.84 bits per heavy atom. The van der Waals surface area contributed by atoms with Gasteiger partial charge in [-0.05, 0) is 67.9 Å². The SMILES string of the molecule is CN(Cc1ccc(Cl)cc1)C(=O)C1CCN(Cc2nc(-c3ccc(F)cc3)no2)CC1. The number of benzene rings is 2. The number of piperidine rings is 1. The largest absolute Gasteiger partial charge is 0.341 e. The maximum Gasteiger partial charge on any atom is 0.241 e. The number of halogens is 2. The number of aromatic nitrogens is 2. The Morgan fingerprint density at radius 3 is 2.52 bits per heavy atom. The molecule has 2 aromatic carbocycles. The molecular weight excluding hydrogens is 419 g/mol. The van der Waals surface area contributed by atoms with Crippen LogP contribution in [0.25, 0.3) is 11.4 Å². The van der Waals surface area contributed by atoms with Crippen LogP contribution in [0.3, 0.4) is 0 Å². The molecule has 0 N–H and O–H groups in total. The minimum atomic E-state index is -0.302. The van der Waals surface area contributed by atoms with E-state index in [1.165, 1.54) is 12.1 Å². The van der Waals surface area contributed by atoms with E-state index in [0.717, 1.165) is 31.5 Å². The standard InChI is InChI=1S/C23H24ClFN4O2/c1-28(14-16-2-6-19(24)7-3-16)23(30)18-10-12-29(13-11-18)15-21-26-22(27-31-21)17-4-8-20(25)9-5-17/h2-9,18H,10-15H2,1H3. The first-order chi connectivity index (χ1) is 15.0. The first-order valence-corrected chi connectivity index (χ1v) is 10.7. The second-order valence-electron chi connectivity index (χ2n) is 7.89. The van der Waals surface area contributed by atoms with Gasteiger partial charge >= 0.3 is 0 Å². The molecule has 6 nitrogen and oxygen atoms in total. The van der Waals surface area contributed by atoms with Crippen LogP contribution in [-0.2, 0) is 17.9 Å². The van der Waals surface area contributed by atoms with Gasteiger partial charge in [0.05, 0.1) is 6.54 Å². The number of carbonyl (C=O) groups excluding carboxylic acids is 1. The van der Waals surface area contributed by atoms with Gasteiger partial charge in [-0.2, -0.15) is 4.98 Å². The number of carbonyl (C=O) groups is 1. The maximum atomic E-state index is 13.1. The highest BCUT2D eigenvalue weighted by Crippen LogP contribution is 2.23. The molecule has 3 aromatic rings. The van der Waals surface area contributed by atoms with Crippen LogP contribution >= 0.6 is 11.6 Å². The summed E-state index contributed by atoms with van der Waals surface area (Å²) in [5, 5.41) is 4.68. The fraction of sp³-hybridized carbons (Fsp3) is 0.348. The Balaban J connectivity index is 1.27. The molecule has 1 aliphatic rings. The van der Waals surface area contributed by atoms with Crippen molar-refractivity contribution in [2.75, 3.05) is 20.1 Å². The number of hydrogen-bond acceptors (Lipinski definition) is 5. The van der Waals surface area contributed by atoms with Gasteiger partial charge in [-0.3, -0.25) is 9.69 Å². The summed E-state index contributed by atoms with van der Waals surface area (Å²) in [6, 6.07) is 13.6. The van der Waals surface area contributed by atoms with Crippen molar-refractivity contribution >= 4 is 17.5 Å². The van der Waals surface area contributed by atoms with Crippen LogP contribution < -0.4 is 0 Å². The summed E-state index contributed by atoms with van der Waals surface area (Å²) in [4.78, 5) is 21.2. The van der Waals surface area contributed by atoms with Gasteiger partial charge in [0, 0.05) is 30.1 Å². The van der Waals surface area contributed by atoms with Crippen LogP contribution in [0.4, 0.5) is 4.39 Å². The second kappa shape index (κ2) is 9.58. The van der Waals surface area contributed by atoms with Crippen LogP contribution in [-0.4, -0.2) is 46.0 Å². The van der Waals surface area contributed by atoms with Gasteiger partial charge in [-0.15, -0.1) is 0 Å². The lowest BCUT2D eigenvalue weighted by molar-refractivity contribution is -0.136. The van der Waals surface area contributed by atoms with Crippen LogP contribution in [0, 0.1) is 11.7 Å². The highest BCUT2D eigenvalue weighted by molar-refractivity contribution is 6.30. The molecule has 0 saturated carbocycles.